The predicted octanol–water partition coefficient (Wildman–Crippen LogP) is 2.22. The molecular formula is C6H14S3. The van der Waals surface area contributed by atoms with Crippen LogP contribution in [0.3, 0.4) is 0 Å². The van der Waals surface area contributed by atoms with E-state index >= 15 is 0 Å². The molecule has 0 bridgehead atoms. The van der Waals surface area contributed by atoms with Gasteiger partial charge in [-0.2, -0.15) is 37.0 Å². The molecule has 1 atom stereocenters. The topological polar surface area (TPSA) is 0 Å². The van der Waals surface area contributed by atoms with Crippen LogP contribution in [0.25, 0.3) is 0 Å². The van der Waals surface area contributed by atoms with Crippen LogP contribution in [0.15, 0.2) is 0 Å². The Morgan fingerprint density at radius 3 is 2.56 bits per heavy atom. The summed E-state index contributed by atoms with van der Waals surface area (Å²) in [6, 6.07) is 0. The average Bonchev–Trinajstić information content (AvgIpc) is 1.89. The molecule has 0 aromatic rings. The normalized spacial score (nSPS) is 13.7. The third kappa shape index (κ3) is 6.94. The largest absolute Gasteiger partial charge is 0.179 e. The number of thioether (sulfide) groups is 1. The maximum atomic E-state index is 4.19. The molecule has 0 N–H and O–H groups in total. The van der Waals surface area contributed by atoms with Gasteiger partial charge in [0.15, 0.2) is 0 Å². The number of thiol groups is 2. The van der Waals surface area contributed by atoms with Gasteiger partial charge in [0.25, 0.3) is 0 Å². The van der Waals surface area contributed by atoms with E-state index in [2.05, 4.69) is 32.2 Å². The van der Waals surface area contributed by atoms with Crippen LogP contribution < -0.4 is 0 Å². The van der Waals surface area contributed by atoms with Crippen molar-refractivity contribution in [1.82, 2.24) is 0 Å². The average molecular weight is 182 g/mol. The smallest absolute Gasteiger partial charge is 0.00211 e. The quantitative estimate of drug-likeness (QED) is 0.486. The molecule has 0 aliphatic carbocycles. The van der Waals surface area contributed by atoms with Crippen molar-refractivity contribution in [2.45, 2.75) is 6.92 Å². The second-order valence-corrected chi connectivity index (χ2v) is 4.05. The molecule has 0 amide bonds. The zero-order chi connectivity index (χ0) is 7.11. The maximum absolute atomic E-state index is 4.19. The lowest BCUT2D eigenvalue weighted by Crippen LogP contribution is -2.00. The fourth-order valence-corrected chi connectivity index (χ4v) is 1.91. The minimum atomic E-state index is 0.748. The van der Waals surface area contributed by atoms with Crippen molar-refractivity contribution in [3.05, 3.63) is 0 Å². The molecule has 0 radical (unpaired) electrons. The molecule has 0 aliphatic heterocycles. The lowest BCUT2D eigenvalue weighted by atomic mass is 10.3. The summed E-state index contributed by atoms with van der Waals surface area (Å²) in [6.07, 6.45) is 0. The first-order valence-electron chi connectivity index (χ1n) is 3.10. The Morgan fingerprint density at radius 1 is 1.44 bits per heavy atom. The van der Waals surface area contributed by atoms with Crippen LogP contribution in [0.5, 0.6) is 0 Å². The summed E-state index contributed by atoms with van der Waals surface area (Å²) < 4.78 is 0. The van der Waals surface area contributed by atoms with E-state index in [0.717, 1.165) is 17.4 Å². The molecule has 0 aromatic heterocycles. The molecule has 56 valence electrons. The SMILES string of the molecule is CC(CS)CSCCS. The second-order valence-electron chi connectivity index (χ2n) is 2.09. The van der Waals surface area contributed by atoms with Gasteiger partial charge in [-0.05, 0) is 23.2 Å². The Bertz CT molecular complexity index is 56.3. The Morgan fingerprint density at radius 2 is 2.11 bits per heavy atom. The predicted molar refractivity (Wildman–Crippen MR) is 54.2 cm³/mol. The zero-order valence-corrected chi connectivity index (χ0v) is 8.31. The van der Waals surface area contributed by atoms with E-state index < -0.39 is 0 Å². The van der Waals surface area contributed by atoms with Crippen molar-refractivity contribution in [3.63, 3.8) is 0 Å². The molecule has 0 rings (SSSR count). The summed E-state index contributed by atoms with van der Waals surface area (Å²) >= 11 is 10.3. The summed E-state index contributed by atoms with van der Waals surface area (Å²) in [5.41, 5.74) is 0. The maximum Gasteiger partial charge on any atom is 0.00211 e. The molecule has 0 aromatic carbocycles. The zero-order valence-electron chi connectivity index (χ0n) is 5.71. The van der Waals surface area contributed by atoms with Crippen LogP contribution in [-0.2, 0) is 0 Å². The van der Waals surface area contributed by atoms with E-state index in [0.29, 0.717) is 0 Å². The van der Waals surface area contributed by atoms with Gasteiger partial charge in [-0.1, -0.05) is 6.92 Å². The highest BCUT2D eigenvalue weighted by Gasteiger charge is 1.96. The van der Waals surface area contributed by atoms with E-state index in [-0.39, 0.29) is 0 Å². The molecule has 1 unspecified atom stereocenters. The van der Waals surface area contributed by atoms with Gasteiger partial charge in [-0.25, -0.2) is 0 Å². The van der Waals surface area contributed by atoms with E-state index in [1.807, 2.05) is 11.8 Å². The van der Waals surface area contributed by atoms with Crippen LogP contribution in [0.4, 0.5) is 0 Å². The van der Waals surface area contributed by atoms with Gasteiger partial charge < -0.3 is 0 Å². The first-order chi connectivity index (χ1) is 4.31. The van der Waals surface area contributed by atoms with Gasteiger partial charge >= 0.3 is 0 Å². The minimum absolute atomic E-state index is 0.748. The lowest BCUT2D eigenvalue weighted by Gasteiger charge is -2.04. The molecule has 3 heteroatoms. The van der Waals surface area contributed by atoms with Crippen molar-refractivity contribution in [1.29, 1.82) is 0 Å². The Hall–Kier alpha value is 1.05. The third-order valence-corrected chi connectivity index (χ3v) is 3.40. The van der Waals surface area contributed by atoms with Gasteiger partial charge in [0.2, 0.25) is 0 Å². The second kappa shape index (κ2) is 7.16. The molecule has 0 nitrogen and oxygen atoms in total. The van der Waals surface area contributed by atoms with E-state index in [1.54, 1.807) is 0 Å². The summed E-state index contributed by atoms with van der Waals surface area (Å²) in [7, 11) is 0. The number of hydrogen-bond acceptors (Lipinski definition) is 3. The summed E-state index contributed by atoms with van der Waals surface area (Å²) in [5.74, 6) is 5.13. The van der Waals surface area contributed by atoms with Crippen molar-refractivity contribution in [2.24, 2.45) is 5.92 Å². The first-order valence-corrected chi connectivity index (χ1v) is 5.52. The highest BCUT2D eigenvalue weighted by molar-refractivity contribution is 8.00. The van der Waals surface area contributed by atoms with Crippen molar-refractivity contribution < 1.29 is 0 Å². The first kappa shape index (κ1) is 10.0. The fourth-order valence-electron chi connectivity index (χ4n) is 0.402. The van der Waals surface area contributed by atoms with Crippen LogP contribution in [0, 0.1) is 5.92 Å². The molecular weight excluding hydrogens is 168 g/mol. The van der Waals surface area contributed by atoms with Gasteiger partial charge in [0, 0.05) is 5.75 Å². The van der Waals surface area contributed by atoms with Crippen molar-refractivity contribution in [3.8, 4) is 0 Å². The Balaban J connectivity index is 2.88. The Labute approximate surface area is 73.0 Å². The van der Waals surface area contributed by atoms with Gasteiger partial charge in [0.05, 0.1) is 0 Å². The Kier molecular flexibility index (Phi) is 8.00. The molecule has 0 heterocycles. The van der Waals surface area contributed by atoms with E-state index in [4.69, 9.17) is 0 Å². The molecule has 0 saturated heterocycles. The standard InChI is InChI=1S/C6H14S3/c1-6(4-8)5-9-3-2-7/h6-8H,2-5H2,1H3. The summed E-state index contributed by atoms with van der Waals surface area (Å²) in [5, 5.41) is 0. The highest BCUT2D eigenvalue weighted by Crippen LogP contribution is 2.08. The van der Waals surface area contributed by atoms with Crippen molar-refractivity contribution >= 4 is 37.0 Å². The van der Waals surface area contributed by atoms with E-state index in [1.165, 1.54) is 11.5 Å². The van der Waals surface area contributed by atoms with Crippen LogP contribution in [0.2, 0.25) is 0 Å². The molecule has 0 spiro atoms. The third-order valence-electron chi connectivity index (χ3n) is 0.950. The highest BCUT2D eigenvalue weighted by atomic mass is 32.2. The minimum Gasteiger partial charge on any atom is -0.179 e. The molecule has 9 heavy (non-hydrogen) atoms. The fraction of sp³-hybridized carbons (Fsp3) is 1.00. The van der Waals surface area contributed by atoms with Crippen LogP contribution in [0.1, 0.15) is 6.92 Å². The number of hydrogen-bond donors (Lipinski definition) is 2. The van der Waals surface area contributed by atoms with Gasteiger partial charge in [-0.15, -0.1) is 0 Å². The van der Waals surface area contributed by atoms with Gasteiger partial charge in [-0.3, -0.25) is 0 Å². The number of rotatable bonds is 5. The van der Waals surface area contributed by atoms with Crippen LogP contribution >= 0.6 is 37.0 Å². The summed E-state index contributed by atoms with van der Waals surface area (Å²) in [6.45, 7) is 2.22. The monoisotopic (exact) mass is 182 g/mol. The van der Waals surface area contributed by atoms with E-state index in [9.17, 15) is 0 Å². The van der Waals surface area contributed by atoms with Crippen molar-refractivity contribution in [2.75, 3.05) is 23.0 Å². The van der Waals surface area contributed by atoms with Gasteiger partial charge in [0.1, 0.15) is 0 Å². The molecule has 0 fully saturated rings. The molecule has 0 aliphatic rings. The summed E-state index contributed by atoms with van der Waals surface area (Å²) in [4.78, 5) is 0. The van der Waals surface area contributed by atoms with Crippen LogP contribution in [-0.4, -0.2) is 23.0 Å². The lowest BCUT2D eigenvalue weighted by molar-refractivity contribution is 0.767. The molecule has 0 saturated carbocycles.